The van der Waals surface area contributed by atoms with Crippen molar-refractivity contribution in [2.45, 2.75) is 43.3 Å². The Balaban J connectivity index is 1.28. The van der Waals surface area contributed by atoms with E-state index in [1.165, 1.54) is 28.7 Å². The molecular weight excluding hydrogens is 695 g/mol. The second kappa shape index (κ2) is 16.8. The van der Waals surface area contributed by atoms with Crippen LogP contribution in [0.2, 0.25) is 10.0 Å². The highest BCUT2D eigenvalue weighted by Crippen LogP contribution is 2.33. The van der Waals surface area contributed by atoms with Gasteiger partial charge in [-0.05, 0) is 78.1 Å². The van der Waals surface area contributed by atoms with Crippen molar-refractivity contribution in [2.75, 3.05) is 10.6 Å². The maximum Gasteiger partial charge on any atom is 0.272 e. The SMILES string of the molecule is CCC(Sc1cccc(NC(=O)/C(=C\c2ccc(C(C)C)cc2)NC(=O)c2ccccc2)c1)C(=O)Nc1nc(-c2ccc(Cl)cc2Cl)cs1. The van der Waals surface area contributed by atoms with Crippen LogP contribution in [0.4, 0.5) is 10.8 Å². The number of hydrogen-bond acceptors (Lipinski definition) is 6. The van der Waals surface area contributed by atoms with E-state index in [1.807, 2.05) is 54.8 Å². The van der Waals surface area contributed by atoms with Crippen molar-refractivity contribution in [2.24, 2.45) is 0 Å². The van der Waals surface area contributed by atoms with E-state index >= 15 is 0 Å². The molecule has 11 heteroatoms. The lowest BCUT2D eigenvalue weighted by molar-refractivity contribution is -0.116. The molecule has 250 valence electrons. The minimum Gasteiger partial charge on any atom is -0.321 e. The number of carbonyl (C=O) groups excluding carboxylic acids is 3. The van der Waals surface area contributed by atoms with Crippen LogP contribution in [0.5, 0.6) is 0 Å². The molecule has 0 saturated heterocycles. The molecule has 1 unspecified atom stereocenters. The van der Waals surface area contributed by atoms with Gasteiger partial charge in [0, 0.05) is 32.1 Å². The summed E-state index contributed by atoms with van der Waals surface area (Å²) in [6.07, 6.45) is 2.21. The van der Waals surface area contributed by atoms with E-state index in [0.717, 1.165) is 16.0 Å². The zero-order chi connectivity index (χ0) is 34.9. The predicted octanol–water partition coefficient (Wildman–Crippen LogP) is 10.2. The first kappa shape index (κ1) is 35.9. The Bertz CT molecular complexity index is 1980. The third-order valence-corrected chi connectivity index (χ3v) is 10.1. The number of hydrogen-bond donors (Lipinski definition) is 3. The molecule has 7 nitrogen and oxygen atoms in total. The molecule has 49 heavy (non-hydrogen) atoms. The highest BCUT2D eigenvalue weighted by molar-refractivity contribution is 8.00. The Morgan fingerprint density at radius 2 is 1.65 bits per heavy atom. The van der Waals surface area contributed by atoms with Gasteiger partial charge in [0.05, 0.1) is 16.0 Å². The molecule has 5 aromatic rings. The average molecular weight is 730 g/mol. The number of thioether (sulfide) groups is 1. The molecule has 4 aromatic carbocycles. The molecule has 1 heterocycles. The third-order valence-electron chi connectivity index (χ3n) is 7.42. The predicted molar refractivity (Wildman–Crippen MR) is 204 cm³/mol. The summed E-state index contributed by atoms with van der Waals surface area (Å²) in [4.78, 5) is 45.3. The molecule has 3 N–H and O–H groups in total. The van der Waals surface area contributed by atoms with Crippen LogP contribution in [-0.4, -0.2) is 28.0 Å². The molecule has 5 rings (SSSR count). The minimum atomic E-state index is -0.482. The Hall–Kier alpha value is -4.41. The van der Waals surface area contributed by atoms with Gasteiger partial charge in [-0.2, -0.15) is 0 Å². The number of rotatable bonds is 12. The zero-order valence-corrected chi connectivity index (χ0v) is 30.1. The van der Waals surface area contributed by atoms with Gasteiger partial charge in [0.15, 0.2) is 5.13 Å². The van der Waals surface area contributed by atoms with Crippen molar-refractivity contribution in [3.8, 4) is 11.3 Å². The van der Waals surface area contributed by atoms with Crippen LogP contribution in [0.25, 0.3) is 17.3 Å². The number of thiazole rings is 1. The van der Waals surface area contributed by atoms with Crippen molar-refractivity contribution in [1.29, 1.82) is 0 Å². The summed E-state index contributed by atoms with van der Waals surface area (Å²) in [5.74, 6) is -0.709. The van der Waals surface area contributed by atoms with E-state index in [0.29, 0.717) is 44.5 Å². The Labute approximate surface area is 304 Å². The van der Waals surface area contributed by atoms with E-state index in [2.05, 4.69) is 34.8 Å². The second-order valence-corrected chi connectivity index (χ2v) is 14.3. The Kier molecular flexibility index (Phi) is 12.3. The largest absolute Gasteiger partial charge is 0.321 e. The van der Waals surface area contributed by atoms with Gasteiger partial charge in [-0.25, -0.2) is 4.98 Å². The van der Waals surface area contributed by atoms with Gasteiger partial charge >= 0.3 is 0 Å². The fourth-order valence-electron chi connectivity index (χ4n) is 4.76. The number of benzene rings is 4. The quantitative estimate of drug-likeness (QED) is 0.0877. The Morgan fingerprint density at radius 1 is 0.898 bits per heavy atom. The van der Waals surface area contributed by atoms with Crippen molar-refractivity contribution in [1.82, 2.24) is 10.3 Å². The van der Waals surface area contributed by atoms with Gasteiger partial charge in [-0.3, -0.25) is 14.4 Å². The lowest BCUT2D eigenvalue weighted by Gasteiger charge is -2.15. The highest BCUT2D eigenvalue weighted by atomic mass is 35.5. The maximum atomic E-state index is 13.6. The average Bonchev–Trinajstić information content (AvgIpc) is 3.55. The smallest absolute Gasteiger partial charge is 0.272 e. The number of halogens is 2. The summed E-state index contributed by atoms with van der Waals surface area (Å²) in [6.45, 7) is 6.16. The molecule has 0 aliphatic carbocycles. The number of nitrogens with one attached hydrogen (secondary N) is 3. The van der Waals surface area contributed by atoms with E-state index in [4.69, 9.17) is 23.2 Å². The fourth-order valence-corrected chi connectivity index (χ4v) is 6.99. The Morgan fingerprint density at radius 3 is 2.35 bits per heavy atom. The van der Waals surface area contributed by atoms with Crippen LogP contribution in [0.3, 0.4) is 0 Å². The first-order valence-electron chi connectivity index (χ1n) is 15.6. The lowest BCUT2D eigenvalue weighted by Crippen LogP contribution is -2.30. The summed E-state index contributed by atoms with van der Waals surface area (Å²) in [5, 5.41) is 11.5. The standard InChI is InChI=1S/C38H34Cl2N4O3S2/c1-4-34(37(47)44-38-43-33(22-48-38)30-18-17-27(39)20-31(30)40)49-29-12-8-11-28(21-29)41-36(46)32(42-35(45)26-9-6-5-7-10-26)19-24-13-15-25(16-14-24)23(2)3/h5-23,34H,4H2,1-3H3,(H,41,46)(H,42,45)(H,43,44,47)/b32-19+. The van der Waals surface area contributed by atoms with Crippen LogP contribution in [0.15, 0.2) is 113 Å². The molecule has 0 saturated carbocycles. The van der Waals surface area contributed by atoms with Gasteiger partial charge < -0.3 is 16.0 Å². The third kappa shape index (κ3) is 9.83. The van der Waals surface area contributed by atoms with Gasteiger partial charge in [0.1, 0.15) is 5.70 Å². The number of nitrogens with zero attached hydrogens (tertiary/aromatic N) is 1. The van der Waals surface area contributed by atoms with Crippen LogP contribution in [0.1, 0.15) is 54.6 Å². The molecule has 0 bridgehead atoms. The van der Waals surface area contributed by atoms with Gasteiger partial charge in [0.25, 0.3) is 11.8 Å². The van der Waals surface area contributed by atoms with Crippen molar-refractivity contribution >= 4 is 80.9 Å². The van der Waals surface area contributed by atoms with Crippen LogP contribution in [0, 0.1) is 0 Å². The normalized spacial score (nSPS) is 12.0. The van der Waals surface area contributed by atoms with Crippen molar-refractivity contribution in [3.63, 3.8) is 0 Å². The summed E-state index contributed by atoms with van der Waals surface area (Å²) in [7, 11) is 0. The van der Waals surface area contributed by atoms with Gasteiger partial charge in [0.2, 0.25) is 5.91 Å². The number of carbonyl (C=O) groups is 3. The first-order valence-corrected chi connectivity index (χ1v) is 18.1. The molecular formula is C38H34Cl2N4O3S2. The number of anilines is 2. The van der Waals surface area contributed by atoms with E-state index in [9.17, 15) is 14.4 Å². The zero-order valence-electron chi connectivity index (χ0n) is 27.0. The van der Waals surface area contributed by atoms with Crippen LogP contribution >= 0.6 is 46.3 Å². The summed E-state index contributed by atoms with van der Waals surface area (Å²) < 4.78 is 0. The van der Waals surface area contributed by atoms with Gasteiger partial charge in [-0.15, -0.1) is 23.1 Å². The maximum absolute atomic E-state index is 13.6. The second-order valence-electron chi connectivity index (χ2n) is 11.3. The van der Waals surface area contributed by atoms with E-state index in [-0.39, 0.29) is 11.6 Å². The van der Waals surface area contributed by atoms with E-state index in [1.54, 1.807) is 60.7 Å². The minimum absolute atomic E-state index is 0.0951. The highest BCUT2D eigenvalue weighted by Gasteiger charge is 2.21. The summed E-state index contributed by atoms with van der Waals surface area (Å²) in [6, 6.07) is 29.0. The van der Waals surface area contributed by atoms with Crippen molar-refractivity contribution in [3.05, 3.63) is 135 Å². The van der Waals surface area contributed by atoms with Crippen molar-refractivity contribution < 1.29 is 14.4 Å². The summed E-state index contributed by atoms with van der Waals surface area (Å²) >= 11 is 15.1. The van der Waals surface area contributed by atoms with Gasteiger partial charge in [-0.1, -0.05) is 92.5 Å². The molecule has 1 atom stereocenters. The van der Waals surface area contributed by atoms with Crippen LogP contribution in [-0.2, 0) is 9.59 Å². The fraction of sp³-hybridized carbons (Fsp3) is 0.158. The summed E-state index contributed by atoms with van der Waals surface area (Å²) in [5.41, 5.74) is 4.36. The topological polar surface area (TPSA) is 100 Å². The van der Waals surface area contributed by atoms with E-state index < -0.39 is 17.1 Å². The first-order chi connectivity index (χ1) is 23.6. The molecule has 0 aliphatic heterocycles. The molecule has 0 fully saturated rings. The van der Waals surface area contributed by atoms with Crippen LogP contribution < -0.4 is 16.0 Å². The molecule has 1 aromatic heterocycles. The number of aromatic nitrogens is 1. The molecule has 3 amide bonds. The monoisotopic (exact) mass is 728 g/mol. The number of amides is 3. The lowest BCUT2D eigenvalue weighted by atomic mass is 10.0. The molecule has 0 aliphatic rings. The molecule has 0 spiro atoms. The molecule has 0 radical (unpaired) electrons.